The molecule has 0 saturated carbocycles. The Morgan fingerprint density at radius 2 is 2.07 bits per heavy atom. The Kier molecular flexibility index (Phi) is 3.57. The van der Waals surface area contributed by atoms with Crippen LogP contribution in [0.1, 0.15) is 5.56 Å². The monoisotopic (exact) mass is 190 g/mol. The van der Waals surface area contributed by atoms with Gasteiger partial charge in [0.2, 0.25) is 0 Å². The lowest BCUT2D eigenvalue weighted by atomic mass is 10.1. The standard InChI is InChI=1S/C11H10O3/c1-2-7-14-10-5-3-9(4-6-10)8-11(12)13/h1,3-6H,7-8H2,(H,12,13). The van der Waals surface area contributed by atoms with E-state index in [4.69, 9.17) is 16.3 Å². The van der Waals surface area contributed by atoms with Crippen LogP contribution in [0.2, 0.25) is 0 Å². The second kappa shape index (κ2) is 4.93. The lowest BCUT2D eigenvalue weighted by Gasteiger charge is -2.02. The van der Waals surface area contributed by atoms with Crippen molar-refractivity contribution >= 4 is 5.97 Å². The summed E-state index contributed by atoms with van der Waals surface area (Å²) in [5, 5.41) is 8.52. The molecule has 72 valence electrons. The Morgan fingerprint density at radius 3 is 2.57 bits per heavy atom. The van der Waals surface area contributed by atoms with Gasteiger partial charge in [-0.2, -0.15) is 0 Å². The number of hydrogen-bond acceptors (Lipinski definition) is 2. The molecule has 0 fully saturated rings. The predicted octanol–water partition coefficient (Wildman–Crippen LogP) is 1.33. The first-order valence-electron chi connectivity index (χ1n) is 4.09. The molecule has 0 unspecified atom stereocenters. The van der Waals surface area contributed by atoms with Crippen molar-refractivity contribution in [3.8, 4) is 18.1 Å². The van der Waals surface area contributed by atoms with Gasteiger partial charge < -0.3 is 9.84 Å². The second-order valence-electron chi connectivity index (χ2n) is 2.71. The maximum Gasteiger partial charge on any atom is 0.307 e. The minimum atomic E-state index is -0.845. The predicted molar refractivity (Wildman–Crippen MR) is 52.1 cm³/mol. The molecule has 0 aliphatic carbocycles. The Balaban J connectivity index is 2.60. The van der Waals surface area contributed by atoms with Crippen molar-refractivity contribution in [2.75, 3.05) is 6.61 Å². The zero-order valence-electron chi connectivity index (χ0n) is 7.56. The van der Waals surface area contributed by atoms with Crippen molar-refractivity contribution in [2.24, 2.45) is 0 Å². The molecule has 0 radical (unpaired) electrons. The van der Waals surface area contributed by atoms with Crippen LogP contribution in [0.25, 0.3) is 0 Å². The van der Waals surface area contributed by atoms with Gasteiger partial charge in [0.1, 0.15) is 12.4 Å². The second-order valence-corrected chi connectivity index (χ2v) is 2.71. The van der Waals surface area contributed by atoms with Crippen molar-refractivity contribution in [3.05, 3.63) is 29.8 Å². The Morgan fingerprint density at radius 1 is 1.43 bits per heavy atom. The van der Waals surface area contributed by atoms with E-state index >= 15 is 0 Å². The SMILES string of the molecule is C#CCOc1ccc(CC(=O)O)cc1. The minimum absolute atomic E-state index is 0.0232. The van der Waals surface area contributed by atoms with Crippen LogP contribution >= 0.6 is 0 Å². The first-order chi connectivity index (χ1) is 6.72. The number of benzene rings is 1. The largest absolute Gasteiger partial charge is 0.481 e. The highest BCUT2D eigenvalue weighted by Gasteiger charge is 1.99. The van der Waals surface area contributed by atoms with Crippen molar-refractivity contribution in [3.63, 3.8) is 0 Å². The lowest BCUT2D eigenvalue weighted by molar-refractivity contribution is -0.136. The summed E-state index contributed by atoms with van der Waals surface area (Å²) < 4.78 is 5.13. The summed E-state index contributed by atoms with van der Waals surface area (Å²) in [6.45, 7) is 0.221. The van der Waals surface area contributed by atoms with Gasteiger partial charge in [-0.15, -0.1) is 6.42 Å². The van der Waals surface area contributed by atoms with Crippen molar-refractivity contribution < 1.29 is 14.6 Å². The molecule has 0 spiro atoms. The average molecular weight is 190 g/mol. The quantitative estimate of drug-likeness (QED) is 0.728. The van der Waals surface area contributed by atoms with Gasteiger partial charge >= 0.3 is 5.97 Å². The van der Waals surface area contributed by atoms with Crippen LogP contribution < -0.4 is 4.74 Å². The van der Waals surface area contributed by atoms with Crippen LogP contribution in [0.5, 0.6) is 5.75 Å². The summed E-state index contributed by atoms with van der Waals surface area (Å²) in [6, 6.07) is 6.82. The van der Waals surface area contributed by atoms with Crippen molar-refractivity contribution in [1.82, 2.24) is 0 Å². The lowest BCUT2D eigenvalue weighted by Crippen LogP contribution is -2.00. The molecule has 0 heterocycles. The molecule has 1 N–H and O–H groups in total. The van der Waals surface area contributed by atoms with Crippen LogP contribution in [0.4, 0.5) is 0 Å². The molecule has 3 heteroatoms. The molecule has 1 aromatic rings. The fourth-order valence-corrected chi connectivity index (χ4v) is 1.00. The molecule has 14 heavy (non-hydrogen) atoms. The van der Waals surface area contributed by atoms with Gasteiger partial charge in [-0.05, 0) is 17.7 Å². The van der Waals surface area contributed by atoms with Crippen LogP contribution in [-0.2, 0) is 11.2 Å². The maximum absolute atomic E-state index is 10.4. The highest BCUT2D eigenvalue weighted by molar-refractivity contribution is 5.70. The Labute approximate surface area is 82.3 Å². The molecule has 1 rings (SSSR count). The van der Waals surface area contributed by atoms with E-state index in [1.54, 1.807) is 24.3 Å². The summed E-state index contributed by atoms with van der Waals surface area (Å²) in [6.07, 6.45) is 5.04. The molecule has 0 amide bonds. The van der Waals surface area contributed by atoms with Crippen LogP contribution in [0.3, 0.4) is 0 Å². The number of ether oxygens (including phenoxy) is 1. The third-order valence-electron chi connectivity index (χ3n) is 1.60. The molecule has 0 saturated heterocycles. The van der Waals surface area contributed by atoms with Crippen LogP contribution in [-0.4, -0.2) is 17.7 Å². The first kappa shape index (κ1) is 10.1. The van der Waals surface area contributed by atoms with Gasteiger partial charge in [0.05, 0.1) is 6.42 Å². The molecular weight excluding hydrogens is 180 g/mol. The number of carboxylic acids is 1. The first-order valence-corrected chi connectivity index (χ1v) is 4.09. The van der Waals surface area contributed by atoms with Crippen molar-refractivity contribution in [1.29, 1.82) is 0 Å². The zero-order valence-corrected chi connectivity index (χ0v) is 7.56. The number of hydrogen-bond donors (Lipinski definition) is 1. The smallest absolute Gasteiger partial charge is 0.307 e. The van der Waals surface area contributed by atoms with E-state index in [2.05, 4.69) is 5.92 Å². The van der Waals surface area contributed by atoms with E-state index in [9.17, 15) is 4.79 Å². The number of aliphatic carboxylic acids is 1. The van der Waals surface area contributed by atoms with Crippen molar-refractivity contribution in [2.45, 2.75) is 6.42 Å². The summed E-state index contributed by atoms with van der Waals surface area (Å²) >= 11 is 0. The van der Waals surface area contributed by atoms with Gasteiger partial charge in [-0.1, -0.05) is 18.1 Å². The normalized spacial score (nSPS) is 9.07. The van der Waals surface area contributed by atoms with Gasteiger partial charge in [-0.3, -0.25) is 4.79 Å². The molecule has 0 atom stereocenters. The van der Waals surface area contributed by atoms with E-state index in [1.165, 1.54) is 0 Å². The van der Waals surface area contributed by atoms with E-state index in [-0.39, 0.29) is 13.0 Å². The zero-order chi connectivity index (χ0) is 10.4. The van der Waals surface area contributed by atoms with Gasteiger partial charge in [0.25, 0.3) is 0 Å². The third kappa shape index (κ3) is 3.20. The summed E-state index contributed by atoms with van der Waals surface area (Å²) in [4.78, 5) is 10.4. The highest BCUT2D eigenvalue weighted by atomic mass is 16.5. The molecule has 0 aromatic heterocycles. The summed E-state index contributed by atoms with van der Waals surface area (Å²) in [7, 11) is 0. The fourth-order valence-electron chi connectivity index (χ4n) is 1.00. The minimum Gasteiger partial charge on any atom is -0.481 e. The fraction of sp³-hybridized carbons (Fsp3) is 0.182. The molecule has 0 bridgehead atoms. The van der Waals surface area contributed by atoms with Gasteiger partial charge in [-0.25, -0.2) is 0 Å². The molecule has 3 nitrogen and oxygen atoms in total. The van der Waals surface area contributed by atoms with Gasteiger partial charge in [0.15, 0.2) is 0 Å². The van der Waals surface area contributed by atoms with E-state index in [0.717, 1.165) is 5.56 Å². The molecule has 0 aliphatic heterocycles. The van der Waals surface area contributed by atoms with E-state index in [1.807, 2.05) is 0 Å². The molecular formula is C11H10O3. The van der Waals surface area contributed by atoms with Gasteiger partial charge in [0, 0.05) is 0 Å². The third-order valence-corrected chi connectivity index (χ3v) is 1.60. The average Bonchev–Trinajstić information content (AvgIpc) is 2.16. The number of terminal acetylenes is 1. The maximum atomic E-state index is 10.4. The Bertz CT molecular complexity index is 346. The summed E-state index contributed by atoms with van der Waals surface area (Å²) in [5.74, 6) is 2.15. The van der Waals surface area contributed by atoms with Crippen LogP contribution in [0, 0.1) is 12.3 Å². The number of carboxylic acid groups (broad SMARTS) is 1. The van der Waals surface area contributed by atoms with E-state index < -0.39 is 5.97 Å². The van der Waals surface area contributed by atoms with Crippen LogP contribution in [0.15, 0.2) is 24.3 Å². The Hall–Kier alpha value is -1.95. The van der Waals surface area contributed by atoms with E-state index in [0.29, 0.717) is 5.75 Å². The number of rotatable bonds is 4. The number of carbonyl (C=O) groups is 1. The summed E-state index contributed by atoms with van der Waals surface area (Å²) in [5.41, 5.74) is 0.741. The topological polar surface area (TPSA) is 46.5 Å². The highest BCUT2D eigenvalue weighted by Crippen LogP contribution is 2.12. The molecule has 1 aromatic carbocycles. The molecule has 0 aliphatic rings.